The first kappa shape index (κ1) is 16.0. The molecule has 5 heteroatoms. The molecule has 1 saturated heterocycles. The Morgan fingerprint density at radius 2 is 2.17 bits per heavy atom. The maximum Gasteiger partial charge on any atom is 0.247 e. The molecule has 2 N–H and O–H groups in total. The molecule has 0 saturated carbocycles. The fraction of sp³-hybridized carbons (Fsp3) is 0.556. The van der Waals surface area contributed by atoms with Crippen LogP contribution in [0.15, 0.2) is 24.3 Å². The van der Waals surface area contributed by atoms with Crippen molar-refractivity contribution in [2.75, 3.05) is 11.9 Å². The molecular formula is C18H25N3O2. The topological polar surface area (TPSA) is 61.4 Å². The predicted molar refractivity (Wildman–Crippen MR) is 89.9 cm³/mol. The van der Waals surface area contributed by atoms with Gasteiger partial charge in [0.05, 0.1) is 6.04 Å². The SMILES string of the molecule is CCC(C)C1C(=O)Nc2ccccc2CN1C(=O)[C@H]1CCCN1. The lowest BCUT2D eigenvalue weighted by Crippen LogP contribution is -2.53. The van der Waals surface area contributed by atoms with Gasteiger partial charge in [0, 0.05) is 12.2 Å². The number of hydrogen-bond donors (Lipinski definition) is 2. The molecule has 2 aliphatic rings. The average molecular weight is 315 g/mol. The summed E-state index contributed by atoms with van der Waals surface area (Å²) in [5.41, 5.74) is 1.82. The monoisotopic (exact) mass is 315 g/mol. The predicted octanol–water partition coefficient (Wildman–Crippen LogP) is 2.13. The second-order valence-corrected chi connectivity index (χ2v) is 6.59. The number of hydrogen-bond acceptors (Lipinski definition) is 3. The lowest BCUT2D eigenvalue weighted by Gasteiger charge is -2.34. The minimum absolute atomic E-state index is 0.0552. The molecule has 0 spiro atoms. The Hall–Kier alpha value is -1.88. The van der Waals surface area contributed by atoms with Gasteiger partial charge in [-0.2, -0.15) is 0 Å². The van der Waals surface area contributed by atoms with Gasteiger partial charge in [0.25, 0.3) is 0 Å². The number of benzene rings is 1. The molecule has 1 fully saturated rings. The van der Waals surface area contributed by atoms with E-state index in [1.807, 2.05) is 31.2 Å². The van der Waals surface area contributed by atoms with Gasteiger partial charge in [0.15, 0.2) is 0 Å². The van der Waals surface area contributed by atoms with Crippen molar-refractivity contribution in [1.82, 2.24) is 10.2 Å². The van der Waals surface area contributed by atoms with Gasteiger partial charge in [-0.3, -0.25) is 9.59 Å². The van der Waals surface area contributed by atoms with Crippen LogP contribution in [0.3, 0.4) is 0 Å². The Bertz CT molecular complexity index is 596. The van der Waals surface area contributed by atoms with Crippen LogP contribution in [0.5, 0.6) is 0 Å². The van der Waals surface area contributed by atoms with Gasteiger partial charge in [0.1, 0.15) is 6.04 Å². The third kappa shape index (κ3) is 3.11. The van der Waals surface area contributed by atoms with E-state index in [-0.39, 0.29) is 23.8 Å². The first-order valence-corrected chi connectivity index (χ1v) is 8.54. The van der Waals surface area contributed by atoms with Gasteiger partial charge >= 0.3 is 0 Å². The molecule has 0 radical (unpaired) electrons. The second kappa shape index (κ2) is 6.71. The molecule has 0 aromatic heterocycles. The fourth-order valence-corrected chi connectivity index (χ4v) is 3.51. The van der Waals surface area contributed by atoms with Crippen molar-refractivity contribution in [2.45, 2.75) is 51.7 Å². The number of carbonyl (C=O) groups excluding carboxylic acids is 2. The summed E-state index contributed by atoms with van der Waals surface area (Å²) in [7, 11) is 0. The summed E-state index contributed by atoms with van der Waals surface area (Å²) in [6.45, 7) is 5.47. The second-order valence-electron chi connectivity index (χ2n) is 6.59. The van der Waals surface area contributed by atoms with E-state index in [1.165, 1.54) is 0 Å². The van der Waals surface area contributed by atoms with Gasteiger partial charge in [-0.25, -0.2) is 0 Å². The quantitative estimate of drug-likeness (QED) is 0.898. The van der Waals surface area contributed by atoms with Crippen LogP contribution < -0.4 is 10.6 Å². The van der Waals surface area contributed by atoms with E-state index in [0.717, 1.165) is 37.1 Å². The minimum Gasteiger partial charge on any atom is -0.325 e. The fourth-order valence-electron chi connectivity index (χ4n) is 3.51. The van der Waals surface area contributed by atoms with Crippen LogP contribution in [0.25, 0.3) is 0 Å². The third-order valence-corrected chi connectivity index (χ3v) is 5.04. The lowest BCUT2D eigenvalue weighted by atomic mass is 9.96. The summed E-state index contributed by atoms with van der Waals surface area (Å²) < 4.78 is 0. The van der Waals surface area contributed by atoms with Crippen LogP contribution in [-0.2, 0) is 16.1 Å². The smallest absolute Gasteiger partial charge is 0.247 e. The molecular weight excluding hydrogens is 290 g/mol. The highest BCUT2D eigenvalue weighted by atomic mass is 16.2. The van der Waals surface area contributed by atoms with Crippen molar-refractivity contribution in [2.24, 2.45) is 5.92 Å². The summed E-state index contributed by atoms with van der Waals surface area (Å²) in [5, 5.41) is 6.28. The van der Waals surface area contributed by atoms with Crippen molar-refractivity contribution >= 4 is 17.5 Å². The van der Waals surface area contributed by atoms with E-state index < -0.39 is 6.04 Å². The summed E-state index contributed by atoms with van der Waals surface area (Å²) in [6.07, 6.45) is 2.73. The van der Waals surface area contributed by atoms with Gasteiger partial charge in [0.2, 0.25) is 11.8 Å². The molecule has 2 aliphatic heterocycles. The molecule has 23 heavy (non-hydrogen) atoms. The Balaban J connectivity index is 1.96. The van der Waals surface area contributed by atoms with Crippen molar-refractivity contribution in [3.8, 4) is 0 Å². The van der Waals surface area contributed by atoms with E-state index in [9.17, 15) is 9.59 Å². The van der Waals surface area contributed by atoms with Gasteiger partial charge in [-0.05, 0) is 36.9 Å². The van der Waals surface area contributed by atoms with E-state index in [1.54, 1.807) is 4.90 Å². The van der Waals surface area contributed by atoms with Gasteiger partial charge in [-0.1, -0.05) is 38.5 Å². The van der Waals surface area contributed by atoms with Crippen LogP contribution in [0.1, 0.15) is 38.7 Å². The van der Waals surface area contributed by atoms with E-state index in [2.05, 4.69) is 17.6 Å². The Labute approximate surface area is 137 Å². The van der Waals surface area contributed by atoms with Gasteiger partial charge < -0.3 is 15.5 Å². The number of para-hydroxylation sites is 1. The van der Waals surface area contributed by atoms with Gasteiger partial charge in [-0.15, -0.1) is 0 Å². The molecule has 1 aromatic rings. The van der Waals surface area contributed by atoms with E-state index in [4.69, 9.17) is 0 Å². The van der Waals surface area contributed by atoms with Crippen LogP contribution in [0, 0.1) is 5.92 Å². The molecule has 2 amide bonds. The first-order valence-electron chi connectivity index (χ1n) is 8.54. The highest BCUT2D eigenvalue weighted by molar-refractivity contribution is 5.99. The number of amides is 2. The zero-order valence-electron chi connectivity index (χ0n) is 13.8. The summed E-state index contributed by atoms with van der Waals surface area (Å²) in [6, 6.07) is 7.18. The zero-order valence-corrected chi connectivity index (χ0v) is 13.8. The number of rotatable bonds is 3. The maximum absolute atomic E-state index is 13.0. The molecule has 5 nitrogen and oxygen atoms in total. The molecule has 3 atom stereocenters. The van der Waals surface area contributed by atoms with Crippen LogP contribution >= 0.6 is 0 Å². The Morgan fingerprint density at radius 3 is 2.87 bits per heavy atom. The van der Waals surface area contributed by atoms with Crippen LogP contribution in [0.2, 0.25) is 0 Å². The van der Waals surface area contributed by atoms with Crippen molar-refractivity contribution < 1.29 is 9.59 Å². The summed E-state index contributed by atoms with van der Waals surface area (Å²) >= 11 is 0. The third-order valence-electron chi connectivity index (χ3n) is 5.04. The normalized spacial score (nSPS) is 25.5. The minimum atomic E-state index is -0.415. The number of anilines is 1. The highest BCUT2D eigenvalue weighted by Crippen LogP contribution is 2.28. The van der Waals surface area contributed by atoms with E-state index >= 15 is 0 Å². The molecule has 2 heterocycles. The highest BCUT2D eigenvalue weighted by Gasteiger charge is 2.39. The van der Waals surface area contributed by atoms with Crippen molar-refractivity contribution in [1.29, 1.82) is 0 Å². The maximum atomic E-state index is 13.0. The largest absolute Gasteiger partial charge is 0.325 e. The van der Waals surface area contributed by atoms with Crippen LogP contribution in [-0.4, -0.2) is 35.3 Å². The molecule has 1 aromatic carbocycles. The number of nitrogens with one attached hydrogen (secondary N) is 2. The summed E-state index contributed by atoms with van der Waals surface area (Å²) in [5.74, 6) is 0.102. The molecule has 2 unspecified atom stereocenters. The average Bonchev–Trinajstić information content (AvgIpc) is 3.04. The number of carbonyl (C=O) groups is 2. The Kier molecular flexibility index (Phi) is 4.66. The summed E-state index contributed by atoms with van der Waals surface area (Å²) in [4.78, 5) is 27.6. The van der Waals surface area contributed by atoms with Crippen molar-refractivity contribution in [3.05, 3.63) is 29.8 Å². The molecule has 0 bridgehead atoms. The molecule has 0 aliphatic carbocycles. The zero-order chi connectivity index (χ0) is 16.4. The van der Waals surface area contributed by atoms with Crippen LogP contribution in [0.4, 0.5) is 5.69 Å². The van der Waals surface area contributed by atoms with E-state index in [0.29, 0.717) is 6.54 Å². The number of fused-ring (bicyclic) bond motifs is 1. The first-order chi connectivity index (χ1) is 11.1. The Morgan fingerprint density at radius 1 is 1.39 bits per heavy atom. The van der Waals surface area contributed by atoms with Crippen molar-refractivity contribution in [3.63, 3.8) is 0 Å². The lowest BCUT2D eigenvalue weighted by molar-refractivity contribution is -0.142. The molecule has 3 rings (SSSR count). The molecule has 124 valence electrons. The number of nitrogens with zero attached hydrogens (tertiary/aromatic N) is 1. The standard InChI is InChI=1S/C18H25N3O2/c1-3-12(2)16-17(22)20-14-8-5-4-7-13(14)11-21(16)18(23)15-9-6-10-19-15/h4-5,7-8,12,15-16,19H,3,6,9-11H2,1-2H3,(H,20,22)/t12?,15-,16?/m1/s1.